The molecule has 1 heterocycles. The smallest absolute Gasteiger partial charge is 0.264 e. The van der Waals surface area contributed by atoms with Crippen LogP contribution >= 0.6 is 23.2 Å². The number of nitrogens with zero attached hydrogens (tertiary/aromatic N) is 2. The van der Waals surface area contributed by atoms with Gasteiger partial charge in [-0.2, -0.15) is 0 Å². The summed E-state index contributed by atoms with van der Waals surface area (Å²) in [6.45, 7) is 1.55. The Balaban J connectivity index is 1.92. The fourth-order valence-electron chi connectivity index (χ4n) is 2.70. The Morgan fingerprint density at radius 2 is 1.77 bits per heavy atom. The lowest BCUT2D eigenvalue weighted by atomic mass is 10.2. The lowest BCUT2D eigenvalue weighted by Crippen LogP contribution is -2.41. The molecule has 0 aliphatic heterocycles. The van der Waals surface area contributed by atoms with Crippen LogP contribution in [0, 0.1) is 6.92 Å². The lowest BCUT2D eigenvalue weighted by molar-refractivity contribution is -0.119. The molecule has 30 heavy (non-hydrogen) atoms. The summed E-state index contributed by atoms with van der Waals surface area (Å²) in [5, 5.41) is 2.92. The van der Waals surface area contributed by atoms with Crippen LogP contribution < -0.4 is 9.62 Å². The second kappa shape index (κ2) is 9.47. The topological polar surface area (TPSA) is 79.4 Å². The molecule has 0 unspecified atom stereocenters. The first-order valence-corrected chi connectivity index (χ1v) is 11.2. The van der Waals surface area contributed by atoms with Gasteiger partial charge in [-0.05, 0) is 43.3 Å². The molecule has 9 heteroatoms. The average molecular weight is 464 g/mol. The number of hydrogen-bond acceptors (Lipinski definition) is 4. The third kappa shape index (κ3) is 5.11. The molecule has 1 aromatic heterocycles. The molecule has 0 radical (unpaired) electrons. The Morgan fingerprint density at radius 1 is 1.03 bits per heavy atom. The number of anilines is 1. The number of carbonyl (C=O) groups excluding carboxylic acids is 1. The molecular weight excluding hydrogens is 445 g/mol. The number of aromatic nitrogens is 1. The summed E-state index contributed by atoms with van der Waals surface area (Å²) < 4.78 is 27.7. The van der Waals surface area contributed by atoms with E-state index in [0.29, 0.717) is 5.69 Å². The van der Waals surface area contributed by atoms with E-state index in [1.165, 1.54) is 18.2 Å². The van der Waals surface area contributed by atoms with E-state index >= 15 is 0 Å². The number of halogens is 2. The van der Waals surface area contributed by atoms with Crippen LogP contribution in [0.3, 0.4) is 0 Å². The Labute approximate surface area is 185 Å². The number of aryl methyl sites for hydroxylation is 1. The summed E-state index contributed by atoms with van der Waals surface area (Å²) in [4.78, 5) is 16.8. The van der Waals surface area contributed by atoms with Crippen LogP contribution in [0.1, 0.15) is 11.3 Å². The van der Waals surface area contributed by atoms with Gasteiger partial charge < -0.3 is 5.32 Å². The summed E-state index contributed by atoms with van der Waals surface area (Å²) in [5.74, 6) is -0.507. The molecule has 6 nitrogen and oxygen atoms in total. The number of pyridine rings is 1. The minimum Gasteiger partial charge on any atom is -0.349 e. The normalized spacial score (nSPS) is 11.2. The van der Waals surface area contributed by atoms with E-state index in [0.717, 1.165) is 9.87 Å². The summed E-state index contributed by atoms with van der Waals surface area (Å²) in [7, 11) is -4.07. The molecule has 1 N–H and O–H groups in total. The van der Waals surface area contributed by atoms with Gasteiger partial charge in [-0.3, -0.25) is 14.1 Å². The fourth-order valence-corrected chi connectivity index (χ4v) is 4.58. The minimum absolute atomic E-state index is 0.0432. The molecule has 0 saturated heterocycles. The molecule has 0 bridgehead atoms. The van der Waals surface area contributed by atoms with E-state index in [1.54, 1.807) is 48.7 Å². The zero-order valence-corrected chi connectivity index (χ0v) is 18.4. The summed E-state index contributed by atoms with van der Waals surface area (Å²) in [5.41, 5.74) is 1.69. The predicted molar refractivity (Wildman–Crippen MR) is 118 cm³/mol. The van der Waals surface area contributed by atoms with Gasteiger partial charge in [-0.25, -0.2) is 8.42 Å². The highest BCUT2D eigenvalue weighted by atomic mass is 35.5. The number of rotatable bonds is 7. The Hall–Kier alpha value is -2.61. The first-order chi connectivity index (χ1) is 14.3. The molecule has 0 aliphatic rings. The largest absolute Gasteiger partial charge is 0.349 e. The fraction of sp³-hybridized carbons (Fsp3) is 0.143. The molecular formula is C21H19Cl2N3O3S. The number of nitrogens with one attached hydrogen (secondary N) is 1. The predicted octanol–water partition coefficient (Wildman–Crippen LogP) is 4.21. The molecule has 156 valence electrons. The Morgan fingerprint density at radius 3 is 2.43 bits per heavy atom. The average Bonchev–Trinajstić information content (AvgIpc) is 2.74. The molecule has 1 amide bonds. The quantitative estimate of drug-likeness (QED) is 0.568. The van der Waals surface area contributed by atoms with Crippen LogP contribution in [0.2, 0.25) is 10.0 Å². The molecule has 0 aliphatic carbocycles. The van der Waals surface area contributed by atoms with E-state index < -0.39 is 22.5 Å². The van der Waals surface area contributed by atoms with Gasteiger partial charge in [0.25, 0.3) is 10.0 Å². The van der Waals surface area contributed by atoms with E-state index in [9.17, 15) is 13.2 Å². The highest BCUT2D eigenvalue weighted by Crippen LogP contribution is 2.35. The van der Waals surface area contributed by atoms with Crippen LogP contribution in [0.15, 0.2) is 71.8 Å². The Bertz CT molecular complexity index is 1140. The molecule has 0 atom stereocenters. The first kappa shape index (κ1) is 22.1. The van der Waals surface area contributed by atoms with Crippen molar-refractivity contribution in [2.75, 3.05) is 10.8 Å². The monoisotopic (exact) mass is 463 g/mol. The van der Waals surface area contributed by atoms with Crippen molar-refractivity contribution in [1.82, 2.24) is 10.3 Å². The van der Waals surface area contributed by atoms with E-state index in [4.69, 9.17) is 23.2 Å². The molecule has 2 aromatic carbocycles. The number of benzene rings is 2. The SMILES string of the molecule is Cc1ccc(S(=O)(=O)N(CC(=O)NCc2ccccn2)c2cccc(Cl)c2Cl)cc1. The van der Waals surface area contributed by atoms with Crippen molar-refractivity contribution in [1.29, 1.82) is 0 Å². The second-order valence-electron chi connectivity index (χ2n) is 6.50. The van der Waals surface area contributed by atoms with Crippen LogP contribution in [-0.4, -0.2) is 25.9 Å². The number of carbonyl (C=O) groups is 1. The zero-order chi connectivity index (χ0) is 21.7. The van der Waals surface area contributed by atoms with Gasteiger partial charge in [0.2, 0.25) is 5.91 Å². The van der Waals surface area contributed by atoms with Gasteiger partial charge in [-0.1, -0.05) is 53.0 Å². The molecule has 0 saturated carbocycles. The van der Waals surface area contributed by atoms with Gasteiger partial charge in [0.15, 0.2) is 0 Å². The number of hydrogen-bond donors (Lipinski definition) is 1. The van der Waals surface area contributed by atoms with Crippen LogP contribution in [0.4, 0.5) is 5.69 Å². The van der Waals surface area contributed by atoms with E-state index in [-0.39, 0.29) is 27.2 Å². The third-order valence-corrected chi connectivity index (χ3v) is 6.87. The maximum absolute atomic E-state index is 13.3. The van der Waals surface area contributed by atoms with Crippen molar-refractivity contribution in [3.8, 4) is 0 Å². The van der Waals surface area contributed by atoms with E-state index in [2.05, 4.69) is 10.3 Å². The molecule has 3 aromatic rings. The third-order valence-electron chi connectivity index (χ3n) is 4.29. The number of sulfonamides is 1. The van der Waals surface area contributed by atoms with Gasteiger partial charge in [0, 0.05) is 6.20 Å². The number of amides is 1. The highest BCUT2D eigenvalue weighted by Gasteiger charge is 2.29. The minimum atomic E-state index is -4.07. The first-order valence-electron chi connectivity index (χ1n) is 8.99. The van der Waals surface area contributed by atoms with Crippen molar-refractivity contribution in [3.63, 3.8) is 0 Å². The Kier molecular flexibility index (Phi) is 6.97. The van der Waals surface area contributed by atoms with E-state index in [1.807, 2.05) is 6.92 Å². The van der Waals surface area contributed by atoms with Crippen molar-refractivity contribution in [2.24, 2.45) is 0 Å². The van der Waals surface area contributed by atoms with Gasteiger partial charge in [0.1, 0.15) is 6.54 Å². The maximum atomic E-state index is 13.3. The van der Waals surface area contributed by atoms with Crippen molar-refractivity contribution in [2.45, 2.75) is 18.4 Å². The van der Waals surface area contributed by atoms with Gasteiger partial charge >= 0.3 is 0 Å². The molecule has 0 fully saturated rings. The summed E-state index contributed by atoms with van der Waals surface area (Å²) in [6.07, 6.45) is 1.61. The maximum Gasteiger partial charge on any atom is 0.264 e. The van der Waals surface area contributed by atoms with Crippen LogP contribution in [0.5, 0.6) is 0 Å². The van der Waals surface area contributed by atoms with Crippen molar-refractivity contribution < 1.29 is 13.2 Å². The zero-order valence-electron chi connectivity index (χ0n) is 16.0. The second-order valence-corrected chi connectivity index (χ2v) is 9.14. The highest BCUT2D eigenvalue weighted by molar-refractivity contribution is 7.92. The van der Waals surface area contributed by atoms with Crippen LogP contribution in [-0.2, 0) is 21.4 Å². The lowest BCUT2D eigenvalue weighted by Gasteiger charge is -2.25. The molecule has 3 rings (SSSR count). The standard InChI is InChI=1S/C21H19Cl2N3O3S/c1-15-8-10-17(11-9-15)30(28,29)26(19-7-4-6-18(22)21(19)23)14-20(27)25-13-16-5-2-3-12-24-16/h2-12H,13-14H2,1H3,(H,25,27). The van der Waals surface area contributed by atoms with Crippen molar-refractivity contribution in [3.05, 3.63) is 88.2 Å². The van der Waals surface area contributed by atoms with Crippen LogP contribution in [0.25, 0.3) is 0 Å². The van der Waals surface area contributed by atoms with Gasteiger partial charge in [-0.15, -0.1) is 0 Å². The van der Waals surface area contributed by atoms with Gasteiger partial charge in [0.05, 0.1) is 32.9 Å². The summed E-state index contributed by atoms with van der Waals surface area (Å²) in [6, 6.07) is 16.3. The molecule has 0 spiro atoms. The van der Waals surface area contributed by atoms with Crippen molar-refractivity contribution >= 4 is 44.8 Å². The summed E-state index contributed by atoms with van der Waals surface area (Å²) >= 11 is 12.4.